The number of amides is 3. The number of nitrogens with zero attached hydrogens (tertiary/aromatic N) is 6. The molecule has 3 heterocycles. The average Bonchev–Trinajstić information content (AvgIpc) is 3.69. The van der Waals surface area contributed by atoms with E-state index in [1.807, 2.05) is 97.1 Å². The molecule has 3 atom stereocenters. The number of benzene rings is 4. The molecular weight excluding hydrogens is 504 g/mol. The second-order valence-corrected chi connectivity index (χ2v) is 9.98. The molecule has 196 valence electrons. The Bertz CT molecular complexity index is 1700. The summed E-state index contributed by atoms with van der Waals surface area (Å²) in [6, 6.07) is 30.3. The van der Waals surface area contributed by atoms with Crippen LogP contribution in [0.3, 0.4) is 0 Å². The Morgan fingerprint density at radius 2 is 1.50 bits per heavy atom. The van der Waals surface area contributed by atoms with Crippen molar-refractivity contribution in [3.63, 3.8) is 0 Å². The molecule has 4 aromatic rings. The minimum Gasteiger partial charge on any atom is -0.271 e. The smallest absolute Gasteiger partial charge is 0.264 e. The molecule has 9 heteroatoms. The summed E-state index contributed by atoms with van der Waals surface area (Å²) in [6.45, 7) is -0.234. The number of anilines is 1. The molecule has 1 fully saturated rings. The molecule has 0 spiro atoms. The standard InChI is InChI=1S/C31H24N6O3/c38-27(37-26(22-13-5-2-6-14-22)18-24(33-37)21-11-3-1-4-12-21)19-35-29-28(32-34-35)30(39)36(31(29)40)25-17-9-15-20-10-7-8-16-23(20)25/h1-17,26,28-29H,18-19H2/t26-,28-,29+/m1/s1. The highest BCUT2D eigenvalue weighted by atomic mass is 16.2. The van der Waals surface area contributed by atoms with E-state index in [-0.39, 0.29) is 18.5 Å². The lowest BCUT2D eigenvalue weighted by Crippen LogP contribution is -2.44. The number of hydrazone groups is 1. The highest BCUT2D eigenvalue weighted by Gasteiger charge is 2.55. The Balaban J connectivity index is 1.17. The third-order valence-corrected chi connectivity index (χ3v) is 7.62. The Morgan fingerprint density at radius 1 is 0.800 bits per heavy atom. The van der Waals surface area contributed by atoms with Crippen LogP contribution in [0.1, 0.15) is 23.6 Å². The summed E-state index contributed by atoms with van der Waals surface area (Å²) in [5, 5.41) is 17.4. The SMILES string of the molecule is O=C1[C@@H]2[C@@H](N=NN2CC(=O)N2N=C(c3ccccc3)C[C@@H]2c2ccccc2)C(=O)N1c1cccc2ccccc12. The summed E-state index contributed by atoms with van der Waals surface area (Å²) in [6.07, 6.45) is 0.555. The molecule has 0 unspecified atom stereocenters. The quantitative estimate of drug-likeness (QED) is 0.356. The van der Waals surface area contributed by atoms with Gasteiger partial charge in [0.1, 0.15) is 6.54 Å². The van der Waals surface area contributed by atoms with Crippen LogP contribution in [-0.4, -0.2) is 52.1 Å². The fraction of sp³-hybridized carbons (Fsp3) is 0.161. The van der Waals surface area contributed by atoms with Gasteiger partial charge in [0.15, 0.2) is 12.1 Å². The number of imide groups is 1. The van der Waals surface area contributed by atoms with Gasteiger partial charge >= 0.3 is 0 Å². The van der Waals surface area contributed by atoms with Crippen LogP contribution in [-0.2, 0) is 14.4 Å². The largest absolute Gasteiger partial charge is 0.271 e. The van der Waals surface area contributed by atoms with Gasteiger partial charge in [-0.25, -0.2) is 9.91 Å². The number of hydrogen-bond donors (Lipinski definition) is 0. The van der Waals surface area contributed by atoms with E-state index < -0.39 is 23.9 Å². The Hall–Kier alpha value is -5.18. The second kappa shape index (κ2) is 9.53. The Kier molecular flexibility index (Phi) is 5.70. The molecule has 0 saturated carbocycles. The maximum Gasteiger partial charge on any atom is 0.264 e. The molecule has 4 aromatic carbocycles. The summed E-state index contributed by atoms with van der Waals surface area (Å²) in [5.74, 6) is -1.22. The predicted molar refractivity (Wildman–Crippen MR) is 149 cm³/mol. The lowest BCUT2D eigenvalue weighted by Gasteiger charge is -2.25. The third kappa shape index (κ3) is 3.86. The molecule has 3 amide bonds. The first-order valence-electron chi connectivity index (χ1n) is 13.1. The van der Waals surface area contributed by atoms with E-state index in [1.54, 1.807) is 6.07 Å². The maximum atomic E-state index is 13.7. The molecule has 7 rings (SSSR count). The van der Waals surface area contributed by atoms with Gasteiger partial charge in [-0.3, -0.25) is 19.4 Å². The van der Waals surface area contributed by atoms with Crippen molar-refractivity contribution in [1.29, 1.82) is 0 Å². The minimum absolute atomic E-state index is 0.234. The lowest BCUT2D eigenvalue weighted by atomic mass is 9.98. The van der Waals surface area contributed by atoms with Gasteiger partial charge in [-0.2, -0.15) is 10.2 Å². The fourth-order valence-electron chi connectivity index (χ4n) is 5.69. The first-order chi connectivity index (χ1) is 19.6. The van der Waals surface area contributed by atoms with Gasteiger partial charge < -0.3 is 0 Å². The Morgan fingerprint density at radius 3 is 2.30 bits per heavy atom. The number of fused-ring (bicyclic) bond motifs is 2. The molecule has 1 saturated heterocycles. The van der Waals surface area contributed by atoms with E-state index in [9.17, 15) is 14.4 Å². The fourth-order valence-corrected chi connectivity index (χ4v) is 5.69. The monoisotopic (exact) mass is 528 g/mol. The van der Waals surface area contributed by atoms with Crippen LogP contribution in [0.2, 0.25) is 0 Å². The van der Waals surface area contributed by atoms with Crippen LogP contribution >= 0.6 is 0 Å². The summed E-state index contributed by atoms with van der Waals surface area (Å²) in [7, 11) is 0. The number of rotatable bonds is 5. The lowest BCUT2D eigenvalue weighted by molar-refractivity contribution is -0.135. The molecule has 0 radical (unpaired) electrons. The van der Waals surface area contributed by atoms with Crippen molar-refractivity contribution in [1.82, 2.24) is 10.0 Å². The summed E-state index contributed by atoms with van der Waals surface area (Å²) < 4.78 is 0. The van der Waals surface area contributed by atoms with Crippen molar-refractivity contribution < 1.29 is 14.4 Å². The zero-order chi connectivity index (χ0) is 27.2. The molecule has 3 aliphatic rings. The van der Waals surface area contributed by atoms with E-state index in [0.29, 0.717) is 12.1 Å². The summed E-state index contributed by atoms with van der Waals surface area (Å²) in [4.78, 5) is 42.0. The molecule has 40 heavy (non-hydrogen) atoms. The average molecular weight is 529 g/mol. The van der Waals surface area contributed by atoms with Gasteiger partial charge in [0.2, 0.25) is 0 Å². The summed E-state index contributed by atoms with van der Waals surface area (Å²) >= 11 is 0. The van der Waals surface area contributed by atoms with Gasteiger partial charge in [0.05, 0.1) is 17.4 Å². The van der Waals surface area contributed by atoms with E-state index in [2.05, 4.69) is 10.3 Å². The highest BCUT2D eigenvalue weighted by molar-refractivity contribution is 6.27. The minimum atomic E-state index is -0.994. The van der Waals surface area contributed by atoms with Gasteiger partial charge in [-0.1, -0.05) is 102 Å². The van der Waals surface area contributed by atoms with Crippen molar-refractivity contribution in [2.45, 2.75) is 24.5 Å². The van der Waals surface area contributed by atoms with Crippen molar-refractivity contribution in [3.8, 4) is 0 Å². The van der Waals surface area contributed by atoms with Crippen LogP contribution in [0.5, 0.6) is 0 Å². The van der Waals surface area contributed by atoms with Crippen LogP contribution in [0.25, 0.3) is 10.8 Å². The van der Waals surface area contributed by atoms with Crippen molar-refractivity contribution >= 4 is 39.9 Å². The molecule has 0 aromatic heterocycles. The highest BCUT2D eigenvalue weighted by Crippen LogP contribution is 2.37. The molecular formula is C31H24N6O3. The molecule has 9 nitrogen and oxygen atoms in total. The van der Waals surface area contributed by atoms with E-state index in [4.69, 9.17) is 5.10 Å². The van der Waals surface area contributed by atoms with Gasteiger partial charge in [-0.05, 0) is 22.6 Å². The van der Waals surface area contributed by atoms with E-state index >= 15 is 0 Å². The Labute approximate surface area is 230 Å². The normalized spacial score (nSPS) is 21.9. The van der Waals surface area contributed by atoms with Crippen LogP contribution in [0, 0.1) is 0 Å². The maximum absolute atomic E-state index is 13.7. The van der Waals surface area contributed by atoms with Crippen LogP contribution in [0.15, 0.2) is 119 Å². The van der Waals surface area contributed by atoms with Crippen LogP contribution < -0.4 is 4.90 Å². The molecule has 0 aliphatic carbocycles. The zero-order valence-corrected chi connectivity index (χ0v) is 21.4. The molecule has 0 N–H and O–H groups in total. The second-order valence-electron chi connectivity index (χ2n) is 9.98. The van der Waals surface area contributed by atoms with E-state index in [1.165, 1.54) is 14.9 Å². The molecule has 0 bridgehead atoms. The van der Waals surface area contributed by atoms with E-state index in [0.717, 1.165) is 27.6 Å². The summed E-state index contributed by atoms with van der Waals surface area (Å²) in [5.41, 5.74) is 3.21. The number of carbonyl (C=O) groups is 3. The van der Waals surface area contributed by atoms with Gasteiger partial charge in [0, 0.05) is 11.8 Å². The first kappa shape index (κ1) is 23.9. The van der Waals surface area contributed by atoms with Crippen molar-refractivity contribution in [2.24, 2.45) is 15.4 Å². The number of hydrogen-bond acceptors (Lipinski definition) is 7. The predicted octanol–water partition coefficient (Wildman–Crippen LogP) is 4.51. The van der Waals surface area contributed by atoms with Crippen molar-refractivity contribution in [2.75, 3.05) is 11.4 Å². The topological polar surface area (TPSA) is 98.0 Å². The van der Waals surface area contributed by atoms with Gasteiger partial charge in [-0.15, -0.1) is 0 Å². The molecule has 3 aliphatic heterocycles. The first-order valence-corrected chi connectivity index (χ1v) is 13.1. The van der Waals surface area contributed by atoms with Crippen LogP contribution in [0.4, 0.5) is 5.69 Å². The number of carbonyl (C=O) groups excluding carboxylic acids is 3. The van der Waals surface area contributed by atoms with Gasteiger partial charge in [0.25, 0.3) is 17.7 Å². The van der Waals surface area contributed by atoms with Crippen molar-refractivity contribution in [3.05, 3.63) is 114 Å². The third-order valence-electron chi connectivity index (χ3n) is 7.62. The zero-order valence-electron chi connectivity index (χ0n) is 21.4.